The lowest BCUT2D eigenvalue weighted by atomic mass is 9.81. The fourth-order valence-electron chi connectivity index (χ4n) is 0.673. The van der Waals surface area contributed by atoms with Gasteiger partial charge in [0.25, 0.3) is 0 Å². The zero-order valence-electron chi connectivity index (χ0n) is 5.89. The number of hydrogen-bond acceptors (Lipinski definition) is 1. The Morgan fingerprint density at radius 2 is 1.91 bits per heavy atom. The molecule has 0 aliphatic rings. The number of hydrogen-bond donors (Lipinski definition) is 0. The Bertz CT molecular complexity index is 241. The normalized spacial score (nSPS) is 11.6. The van der Waals surface area contributed by atoms with Crippen molar-refractivity contribution in [3.05, 3.63) is 24.0 Å². The van der Waals surface area contributed by atoms with Crippen LogP contribution in [0.25, 0.3) is 0 Å². The molecule has 0 unspecified atom stereocenters. The van der Waals surface area contributed by atoms with E-state index < -0.39 is 12.4 Å². The van der Waals surface area contributed by atoms with Gasteiger partial charge in [-0.2, -0.15) is 0 Å². The number of pyridine rings is 1. The largest absolute Gasteiger partial charge is 0.511 e. The fourth-order valence-corrected chi connectivity index (χ4v) is 0.673. The minimum absolute atomic E-state index is 0.591. The van der Waals surface area contributed by atoms with E-state index in [9.17, 15) is 12.9 Å². The summed E-state index contributed by atoms with van der Waals surface area (Å²) in [6, 6.07) is 2.40. The first-order valence-electron chi connectivity index (χ1n) is 3.12. The van der Waals surface area contributed by atoms with Gasteiger partial charge in [0, 0.05) is 11.9 Å². The zero-order chi connectivity index (χ0) is 8.48. The van der Waals surface area contributed by atoms with Crippen LogP contribution in [0.15, 0.2) is 18.3 Å². The molecule has 0 aliphatic carbocycles. The Balaban J connectivity index is 2.99. The van der Waals surface area contributed by atoms with Crippen molar-refractivity contribution < 1.29 is 12.9 Å². The van der Waals surface area contributed by atoms with Gasteiger partial charge < -0.3 is 12.9 Å². The highest BCUT2D eigenvalue weighted by atomic mass is 19.4. The Morgan fingerprint density at radius 3 is 2.27 bits per heavy atom. The third-order valence-corrected chi connectivity index (χ3v) is 1.31. The molecule has 0 N–H and O–H groups in total. The Labute approximate surface area is 62.3 Å². The van der Waals surface area contributed by atoms with Gasteiger partial charge in [-0.25, -0.2) is 0 Å². The van der Waals surface area contributed by atoms with E-state index in [0.29, 0.717) is 5.69 Å². The monoisotopic (exact) mass is 160 g/mol. The van der Waals surface area contributed by atoms with E-state index in [4.69, 9.17) is 0 Å². The number of aromatic nitrogens is 1. The number of halogens is 3. The number of aryl methyl sites for hydroxylation is 1. The van der Waals surface area contributed by atoms with Gasteiger partial charge in [-0.05, 0) is 13.0 Å². The molecule has 0 saturated carbocycles. The van der Waals surface area contributed by atoms with Gasteiger partial charge in [0.1, 0.15) is 0 Å². The molecule has 5 heteroatoms. The van der Waals surface area contributed by atoms with Crippen molar-refractivity contribution in [2.45, 2.75) is 6.92 Å². The van der Waals surface area contributed by atoms with E-state index in [1.165, 1.54) is 6.07 Å². The average Bonchev–Trinajstić information content (AvgIpc) is 1.86. The molecule has 1 aromatic heterocycles. The molecule has 11 heavy (non-hydrogen) atoms. The van der Waals surface area contributed by atoms with Gasteiger partial charge in [0.2, 0.25) is 0 Å². The lowest BCUT2D eigenvalue weighted by Gasteiger charge is -2.13. The van der Waals surface area contributed by atoms with E-state index in [2.05, 4.69) is 4.98 Å². The van der Waals surface area contributed by atoms with Crippen molar-refractivity contribution in [2.75, 3.05) is 0 Å². The van der Waals surface area contributed by atoms with Crippen molar-refractivity contribution in [1.82, 2.24) is 4.98 Å². The summed E-state index contributed by atoms with van der Waals surface area (Å²) in [7, 11) is 0. The van der Waals surface area contributed by atoms with Crippen molar-refractivity contribution >= 4 is 12.4 Å². The summed E-state index contributed by atoms with van der Waals surface area (Å²) in [6.07, 6.45) is 0.856. The lowest BCUT2D eigenvalue weighted by Crippen LogP contribution is -2.34. The maximum absolute atomic E-state index is 11.9. The molecule has 0 amide bonds. The molecule has 1 heterocycles. The number of rotatable bonds is 1. The van der Waals surface area contributed by atoms with Crippen LogP contribution in [0.1, 0.15) is 5.69 Å². The second-order valence-corrected chi connectivity index (χ2v) is 2.31. The van der Waals surface area contributed by atoms with Gasteiger partial charge in [-0.1, -0.05) is 11.5 Å². The third kappa shape index (κ3) is 1.96. The molecule has 0 aromatic carbocycles. The summed E-state index contributed by atoms with van der Waals surface area (Å²) in [5.41, 5.74) is -0.0515. The van der Waals surface area contributed by atoms with Gasteiger partial charge in [0.05, 0.1) is 0 Å². The molecule has 1 rings (SSSR count). The molecule has 0 spiro atoms. The fraction of sp³-hybridized carbons (Fsp3) is 0.167. The Kier molecular flexibility index (Phi) is 1.89. The molecule has 60 valence electrons. The van der Waals surface area contributed by atoms with Gasteiger partial charge in [0.15, 0.2) is 0 Å². The first kappa shape index (κ1) is 8.10. The Hall–Kier alpha value is -0.995. The maximum atomic E-state index is 11.9. The quantitative estimate of drug-likeness (QED) is 0.566. The maximum Gasteiger partial charge on any atom is 0.511 e. The van der Waals surface area contributed by atoms with Crippen LogP contribution < -0.4 is 5.46 Å². The number of nitrogens with zero attached hydrogens (tertiary/aromatic N) is 1. The second-order valence-electron chi connectivity index (χ2n) is 2.31. The van der Waals surface area contributed by atoms with E-state index in [1.54, 1.807) is 6.92 Å². The van der Waals surface area contributed by atoms with Crippen molar-refractivity contribution in [1.29, 1.82) is 0 Å². The average molecular weight is 160 g/mol. The predicted molar refractivity (Wildman–Crippen MR) is 37.7 cm³/mol. The van der Waals surface area contributed by atoms with Crippen LogP contribution in [0.3, 0.4) is 0 Å². The van der Waals surface area contributed by atoms with Crippen LogP contribution >= 0.6 is 0 Å². The minimum Gasteiger partial charge on any atom is -0.445 e. The molecule has 0 saturated heterocycles. The highest BCUT2D eigenvalue weighted by Gasteiger charge is 2.25. The summed E-state index contributed by atoms with van der Waals surface area (Å²) in [5.74, 6) is 0. The van der Waals surface area contributed by atoms with Gasteiger partial charge in [-0.3, -0.25) is 4.98 Å². The van der Waals surface area contributed by atoms with Gasteiger partial charge >= 0.3 is 6.98 Å². The second kappa shape index (κ2) is 2.56. The SMILES string of the molecule is Cc1ccc([B-](F)(F)F)cn1. The summed E-state index contributed by atoms with van der Waals surface area (Å²) in [4.78, 5) is 3.54. The van der Waals surface area contributed by atoms with Crippen LogP contribution in [-0.2, 0) is 0 Å². The predicted octanol–water partition coefficient (Wildman–Crippen LogP) is 1.44. The highest BCUT2D eigenvalue weighted by Crippen LogP contribution is 2.07. The molecule has 0 aliphatic heterocycles. The molecule has 1 nitrogen and oxygen atoms in total. The van der Waals surface area contributed by atoms with E-state index >= 15 is 0 Å². The van der Waals surface area contributed by atoms with Crippen LogP contribution in [-0.4, -0.2) is 12.0 Å². The topological polar surface area (TPSA) is 12.9 Å². The molecule has 0 bridgehead atoms. The summed E-state index contributed by atoms with van der Waals surface area (Å²) < 4.78 is 35.8. The van der Waals surface area contributed by atoms with E-state index in [1.807, 2.05) is 0 Å². The van der Waals surface area contributed by atoms with Crippen molar-refractivity contribution in [3.8, 4) is 0 Å². The van der Waals surface area contributed by atoms with E-state index in [0.717, 1.165) is 12.3 Å². The van der Waals surface area contributed by atoms with Gasteiger partial charge in [-0.15, -0.1) is 0 Å². The van der Waals surface area contributed by atoms with Crippen LogP contribution in [0, 0.1) is 6.92 Å². The zero-order valence-corrected chi connectivity index (χ0v) is 5.89. The first-order valence-corrected chi connectivity index (χ1v) is 3.12. The summed E-state index contributed by atoms with van der Waals surface area (Å²) >= 11 is 0. The molecular formula is C6H6BF3N-. The molecule has 0 atom stereocenters. The van der Waals surface area contributed by atoms with Crippen LogP contribution in [0.5, 0.6) is 0 Å². The van der Waals surface area contributed by atoms with E-state index in [-0.39, 0.29) is 0 Å². The summed E-state index contributed by atoms with van der Waals surface area (Å²) in [5, 5.41) is 0. The molecule has 1 aromatic rings. The van der Waals surface area contributed by atoms with Crippen molar-refractivity contribution in [3.63, 3.8) is 0 Å². The highest BCUT2D eigenvalue weighted by molar-refractivity contribution is 6.73. The Morgan fingerprint density at radius 1 is 1.27 bits per heavy atom. The standard InChI is InChI=1S/C6H6BF3N/c1-5-2-3-6(4-11-5)7(8,9)10/h2-4H,1H3/q-1. The summed E-state index contributed by atoms with van der Waals surface area (Å²) in [6.45, 7) is -3.23. The lowest BCUT2D eigenvalue weighted by molar-refractivity contribution is 0.500. The third-order valence-electron chi connectivity index (χ3n) is 1.31. The smallest absolute Gasteiger partial charge is 0.445 e. The minimum atomic E-state index is -4.88. The van der Waals surface area contributed by atoms with Crippen molar-refractivity contribution in [2.24, 2.45) is 0 Å². The molecule has 0 fully saturated rings. The van der Waals surface area contributed by atoms with Crippen LogP contribution in [0.4, 0.5) is 12.9 Å². The molecule has 0 radical (unpaired) electrons. The molecular weight excluding hydrogens is 154 g/mol. The first-order chi connectivity index (χ1) is 5.00. The van der Waals surface area contributed by atoms with Crippen LogP contribution in [0.2, 0.25) is 0 Å².